The summed E-state index contributed by atoms with van der Waals surface area (Å²) in [6.07, 6.45) is -0.386. The van der Waals surface area contributed by atoms with Crippen molar-refractivity contribution in [2.24, 2.45) is 0 Å². The van der Waals surface area contributed by atoms with Gasteiger partial charge in [-0.1, -0.05) is 12.1 Å². The number of hydrogen-bond donors (Lipinski definition) is 2. The molecule has 0 aromatic heterocycles. The second-order valence-electron chi connectivity index (χ2n) is 6.83. The molecule has 0 radical (unpaired) electrons. The van der Waals surface area contributed by atoms with Crippen LogP contribution in [0.1, 0.15) is 39.3 Å². The van der Waals surface area contributed by atoms with Crippen LogP contribution in [0.3, 0.4) is 0 Å². The lowest BCUT2D eigenvalue weighted by molar-refractivity contribution is 0.00604. The van der Waals surface area contributed by atoms with E-state index in [1.54, 1.807) is 17.0 Å². The highest BCUT2D eigenvalue weighted by molar-refractivity contribution is 7.81. The molecule has 1 aromatic carbocycles. The zero-order chi connectivity index (χ0) is 16.5. The van der Waals surface area contributed by atoms with Crippen molar-refractivity contribution in [3.63, 3.8) is 0 Å². The van der Waals surface area contributed by atoms with Crippen LogP contribution in [-0.4, -0.2) is 34.6 Å². The number of nitrogens with one attached hydrogen (secondary N) is 1. The van der Waals surface area contributed by atoms with E-state index < -0.39 is 10.5 Å². The fraction of sp³-hybridized carbons (Fsp3) is 0.562. The van der Waals surface area contributed by atoms with E-state index in [0.29, 0.717) is 13.1 Å². The van der Waals surface area contributed by atoms with Gasteiger partial charge in [0.05, 0.1) is 17.5 Å². The minimum atomic E-state index is -0.567. The van der Waals surface area contributed by atoms with Gasteiger partial charge in [-0.3, -0.25) is 10.2 Å². The normalized spacial score (nSPS) is 25.9. The van der Waals surface area contributed by atoms with Crippen LogP contribution >= 0.6 is 12.6 Å². The Hall–Kier alpha value is -1.27. The number of amides is 1. The Balaban J connectivity index is 2.26. The standard InChI is InChI=1S/C16H23FN2O2S/c1-15(2,3)21-14(20)19-10-16(4,22)18-9-13(19)11-5-7-12(17)8-6-11/h5-8,13,18,22H,9-10H2,1-4H3/t13-,16-/m0/s1. The van der Waals surface area contributed by atoms with Gasteiger partial charge >= 0.3 is 6.09 Å². The van der Waals surface area contributed by atoms with Crippen LogP contribution in [0.5, 0.6) is 0 Å². The molecule has 1 aliphatic heterocycles. The van der Waals surface area contributed by atoms with Crippen LogP contribution in [0, 0.1) is 5.82 Å². The lowest BCUT2D eigenvalue weighted by atomic mass is 10.0. The lowest BCUT2D eigenvalue weighted by Gasteiger charge is -2.44. The number of carbonyl (C=O) groups is 1. The number of halogens is 1. The van der Waals surface area contributed by atoms with E-state index in [1.807, 2.05) is 27.7 Å². The van der Waals surface area contributed by atoms with Crippen molar-refractivity contribution in [2.45, 2.75) is 44.2 Å². The van der Waals surface area contributed by atoms with Gasteiger partial charge in [-0.2, -0.15) is 12.6 Å². The van der Waals surface area contributed by atoms with E-state index in [-0.39, 0.29) is 18.0 Å². The second-order valence-corrected chi connectivity index (χ2v) is 7.82. The molecule has 22 heavy (non-hydrogen) atoms. The molecular formula is C16H23FN2O2S. The Bertz CT molecular complexity index is 540. The Morgan fingerprint density at radius 2 is 2.00 bits per heavy atom. The maximum absolute atomic E-state index is 13.1. The van der Waals surface area contributed by atoms with E-state index in [9.17, 15) is 9.18 Å². The monoisotopic (exact) mass is 326 g/mol. The molecule has 6 heteroatoms. The van der Waals surface area contributed by atoms with Gasteiger partial charge in [-0.05, 0) is 45.4 Å². The number of piperazine rings is 1. The van der Waals surface area contributed by atoms with Gasteiger partial charge in [0.1, 0.15) is 11.4 Å². The van der Waals surface area contributed by atoms with Crippen LogP contribution < -0.4 is 5.32 Å². The summed E-state index contributed by atoms with van der Waals surface area (Å²) in [5.41, 5.74) is 0.297. The third kappa shape index (κ3) is 4.36. The maximum atomic E-state index is 13.1. The molecule has 0 unspecified atom stereocenters. The molecule has 1 amide bonds. The average Bonchev–Trinajstić information content (AvgIpc) is 2.37. The maximum Gasteiger partial charge on any atom is 0.410 e. The average molecular weight is 326 g/mol. The van der Waals surface area contributed by atoms with Crippen LogP contribution in [0.4, 0.5) is 9.18 Å². The zero-order valence-electron chi connectivity index (χ0n) is 13.4. The van der Waals surface area contributed by atoms with Crippen molar-refractivity contribution >= 4 is 18.7 Å². The largest absolute Gasteiger partial charge is 0.444 e. The van der Waals surface area contributed by atoms with Crippen LogP contribution in [0.25, 0.3) is 0 Å². The van der Waals surface area contributed by atoms with Gasteiger partial charge < -0.3 is 4.74 Å². The predicted octanol–water partition coefficient (Wildman–Crippen LogP) is 3.35. The highest BCUT2D eigenvalue weighted by atomic mass is 32.1. The molecule has 0 spiro atoms. The van der Waals surface area contributed by atoms with Crippen molar-refractivity contribution in [3.8, 4) is 0 Å². The first kappa shape index (κ1) is 17.1. The summed E-state index contributed by atoms with van der Waals surface area (Å²) in [7, 11) is 0. The minimum Gasteiger partial charge on any atom is -0.444 e. The van der Waals surface area contributed by atoms with E-state index >= 15 is 0 Å². The SMILES string of the molecule is CC(C)(C)OC(=O)N1C[C@](C)(S)NC[C@H]1c1ccc(F)cc1. The third-order valence-corrected chi connectivity index (χ3v) is 3.71. The molecule has 1 N–H and O–H groups in total. The molecule has 0 bridgehead atoms. The summed E-state index contributed by atoms with van der Waals surface area (Å²) in [5.74, 6) is -0.296. The first-order valence-electron chi connectivity index (χ1n) is 7.30. The number of ether oxygens (including phenoxy) is 1. The highest BCUT2D eigenvalue weighted by Gasteiger charge is 2.38. The number of hydrogen-bond acceptors (Lipinski definition) is 4. The summed E-state index contributed by atoms with van der Waals surface area (Å²) in [6, 6.07) is 5.98. The van der Waals surface area contributed by atoms with Crippen molar-refractivity contribution in [1.29, 1.82) is 0 Å². The second kappa shape index (κ2) is 6.08. The number of carbonyl (C=O) groups excluding carboxylic acids is 1. The molecular weight excluding hydrogens is 303 g/mol. The summed E-state index contributed by atoms with van der Waals surface area (Å²) in [4.78, 5) is 13.7. The molecule has 2 rings (SSSR count). The van der Waals surface area contributed by atoms with Gasteiger partial charge in [0, 0.05) is 6.54 Å². The van der Waals surface area contributed by atoms with Gasteiger partial charge in [-0.15, -0.1) is 0 Å². The van der Waals surface area contributed by atoms with Crippen LogP contribution in [-0.2, 0) is 4.74 Å². The fourth-order valence-corrected chi connectivity index (χ4v) is 2.66. The van der Waals surface area contributed by atoms with Gasteiger partial charge in [-0.25, -0.2) is 9.18 Å². The molecule has 0 saturated carbocycles. The molecule has 1 saturated heterocycles. The topological polar surface area (TPSA) is 41.6 Å². The molecule has 4 nitrogen and oxygen atoms in total. The van der Waals surface area contributed by atoms with Crippen molar-refractivity contribution in [2.75, 3.05) is 13.1 Å². The van der Waals surface area contributed by atoms with E-state index in [2.05, 4.69) is 17.9 Å². The van der Waals surface area contributed by atoms with E-state index in [1.165, 1.54) is 12.1 Å². The lowest BCUT2D eigenvalue weighted by Crippen LogP contribution is -2.59. The Morgan fingerprint density at radius 3 is 2.55 bits per heavy atom. The molecule has 1 aromatic rings. The fourth-order valence-electron chi connectivity index (χ4n) is 2.42. The van der Waals surface area contributed by atoms with E-state index in [4.69, 9.17) is 4.74 Å². The summed E-state index contributed by atoms with van der Waals surface area (Å²) >= 11 is 4.53. The quantitative estimate of drug-likeness (QED) is 0.778. The first-order chi connectivity index (χ1) is 10.1. The summed E-state index contributed by atoms with van der Waals surface area (Å²) in [5, 5.41) is 3.29. The van der Waals surface area contributed by atoms with Crippen molar-refractivity contribution < 1.29 is 13.9 Å². The third-order valence-electron chi connectivity index (χ3n) is 3.41. The van der Waals surface area contributed by atoms with Gasteiger partial charge in [0.25, 0.3) is 0 Å². The Labute approximate surface area is 136 Å². The molecule has 1 aliphatic rings. The molecule has 2 atom stereocenters. The van der Waals surface area contributed by atoms with E-state index in [0.717, 1.165) is 5.56 Å². The van der Waals surface area contributed by atoms with Gasteiger partial charge in [0.15, 0.2) is 0 Å². The number of rotatable bonds is 1. The predicted molar refractivity (Wildman–Crippen MR) is 87.5 cm³/mol. The van der Waals surface area contributed by atoms with Crippen molar-refractivity contribution in [3.05, 3.63) is 35.6 Å². The summed E-state index contributed by atoms with van der Waals surface area (Å²) < 4.78 is 18.6. The highest BCUT2D eigenvalue weighted by Crippen LogP contribution is 2.30. The smallest absolute Gasteiger partial charge is 0.410 e. The van der Waals surface area contributed by atoms with Crippen LogP contribution in [0.15, 0.2) is 24.3 Å². The first-order valence-corrected chi connectivity index (χ1v) is 7.75. The van der Waals surface area contributed by atoms with Gasteiger partial charge in [0.2, 0.25) is 0 Å². The molecule has 122 valence electrons. The minimum absolute atomic E-state index is 0.212. The number of nitrogens with zero attached hydrogens (tertiary/aromatic N) is 1. The number of thiol groups is 1. The van der Waals surface area contributed by atoms with Crippen molar-refractivity contribution in [1.82, 2.24) is 10.2 Å². The number of benzene rings is 1. The Kier molecular flexibility index (Phi) is 4.73. The molecule has 1 heterocycles. The summed E-state index contributed by atoms with van der Waals surface area (Å²) in [6.45, 7) is 8.34. The zero-order valence-corrected chi connectivity index (χ0v) is 14.3. The van der Waals surface area contributed by atoms with Crippen LogP contribution in [0.2, 0.25) is 0 Å². The molecule has 1 fully saturated rings. The molecule has 0 aliphatic carbocycles. The Morgan fingerprint density at radius 1 is 1.41 bits per heavy atom.